The summed E-state index contributed by atoms with van der Waals surface area (Å²) in [5.74, 6) is 0. The molecule has 10 nitrogen and oxygen atoms in total. The summed E-state index contributed by atoms with van der Waals surface area (Å²) in [6.45, 7) is 4.89. The Morgan fingerprint density at radius 2 is 1.40 bits per heavy atom. The molecule has 0 bridgehead atoms. The monoisotopic (exact) mass is 362 g/mol. The third-order valence-electron chi connectivity index (χ3n) is 2.83. The van der Waals surface area contributed by atoms with E-state index in [-0.39, 0.29) is 26.4 Å². The Morgan fingerprint density at radius 3 is 2.00 bits per heavy atom. The molecule has 0 aromatic rings. The van der Waals surface area contributed by atoms with Crippen molar-refractivity contribution in [1.82, 2.24) is 0 Å². The van der Waals surface area contributed by atoms with Crippen LogP contribution in [0.25, 0.3) is 0 Å². The third-order valence-corrected chi connectivity index (χ3v) is 2.83. The number of carbonyl (C=O) groups is 3. The largest absolute Gasteiger partial charge is 0.508 e. The summed E-state index contributed by atoms with van der Waals surface area (Å²) >= 11 is 0. The van der Waals surface area contributed by atoms with Crippen LogP contribution in [0.5, 0.6) is 0 Å². The van der Waals surface area contributed by atoms with Crippen molar-refractivity contribution in [3.63, 3.8) is 0 Å². The molecular weight excluding hydrogens is 340 g/mol. The van der Waals surface area contributed by atoms with E-state index in [0.717, 1.165) is 0 Å². The lowest BCUT2D eigenvalue weighted by Gasteiger charge is -2.32. The Bertz CT molecular complexity index is 475. The number of carbonyl (C=O) groups excluding carboxylic acids is 3. The highest BCUT2D eigenvalue weighted by molar-refractivity contribution is 5.62. The van der Waals surface area contributed by atoms with Gasteiger partial charge in [-0.3, -0.25) is 0 Å². The maximum atomic E-state index is 11.6. The van der Waals surface area contributed by atoms with Crippen LogP contribution >= 0.6 is 0 Å². The van der Waals surface area contributed by atoms with E-state index >= 15 is 0 Å². The van der Waals surface area contributed by atoms with Gasteiger partial charge in [0, 0.05) is 0 Å². The van der Waals surface area contributed by atoms with E-state index in [2.05, 4.69) is 4.74 Å². The molecule has 142 valence electrons. The zero-order valence-corrected chi connectivity index (χ0v) is 14.3. The number of hydrogen-bond donors (Lipinski definition) is 0. The molecule has 1 heterocycles. The molecule has 10 heteroatoms. The van der Waals surface area contributed by atoms with Gasteiger partial charge >= 0.3 is 18.5 Å². The fourth-order valence-corrected chi connectivity index (χ4v) is 1.84. The topological polar surface area (TPSA) is 116 Å². The Hall–Kier alpha value is -2.65. The lowest BCUT2D eigenvalue weighted by molar-refractivity contribution is -0.113. The minimum Gasteiger partial charge on any atom is -0.491 e. The van der Waals surface area contributed by atoms with Crippen molar-refractivity contribution in [2.75, 3.05) is 26.4 Å². The summed E-state index contributed by atoms with van der Waals surface area (Å²) in [5.41, 5.74) is 0. The molecule has 25 heavy (non-hydrogen) atoms. The van der Waals surface area contributed by atoms with Crippen LogP contribution < -0.4 is 0 Å². The van der Waals surface area contributed by atoms with E-state index < -0.39 is 36.8 Å². The lowest BCUT2D eigenvalue weighted by Crippen LogP contribution is -2.48. The number of ether oxygens (including phenoxy) is 7. The van der Waals surface area contributed by atoms with Crippen LogP contribution in [0.15, 0.2) is 12.3 Å². The molecule has 0 aromatic heterocycles. The minimum atomic E-state index is -1.11. The van der Waals surface area contributed by atoms with Gasteiger partial charge in [-0.15, -0.1) is 0 Å². The van der Waals surface area contributed by atoms with Crippen molar-refractivity contribution in [2.24, 2.45) is 0 Å². The second-order valence-corrected chi connectivity index (χ2v) is 4.53. The first-order chi connectivity index (χ1) is 12.0. The molecule has 0 amide bonds. The fourth-order valence-electron chi connectivity index (χ4n) is 1.84. The minimum absolute atomic E-state index is 0.0929. The summed E-state index contributed by atoms with van der Waals surface area (Å²) in [6, 6.07) is 0. The van der Waals surface area contributed by atoms with Gasteiger partial charge in [0.2, 0.25) is 0 Å². The second-order valence-electron chi connectivity index (χ2n) is 4.53. The molecule has 0 unspecified atom stereocenters. The number of rotatable bonds is 7. The van der Waals surface area contributed by atoms with Crippen LogP contribution in [0.4, 0.5) is 14.4 Å². The van der Waals surface area contributed by atoms with E-state index in [0.29, 0.717) is 0 Å². The van der Waals surface area contributed by atoms with Crippen molar-refractivity contribution in [3.05, 3.63) is 12.3 Å². The van der Waals surface area contributed by atoms with Gasteiger partial charge in [-0.2, -0.15) is 0 Å². The van der Waals surface area contributed by atoms with E-state index in [1.54, 1.807) is 20.8 Å². The van der Waals surface area contributed by atoms with Crippen LogP contribution in [-0.2, 0) is 33.2 Å². The standard InChI is InChI=1S/C15H22O10/c1-4-19-13(16)23-9-11-12(25-15(18)21-6-3)10(7-8-22-11)24-14(17)20-5-2/h7-8,10-12H,4-6,9H2,1-3H3/t10-,11-,12-/m1/s1. The van der Waals surface area contributed by atoms with Crippen LogP contribution in [0.2, 0.25) is 0 Å². The number of hydrogen-bond acceptors (Lipinski definition) is 10. The summed E-state index contributed by atoms with van der Waals surface area (Å²) < 4.78 is 34.4. The Kier molecular flexibility index (Phi) is 8.97. The molecular formula is C15H22O10. The molecule has 1 aliphatic rings. The molecule has 0 saturated heterocycles. The normalized spacial score (nSPS) is 21.5. The first-order valence-corrected chi connectivity index (χ1v) is 7.80. The van der Waals surface area contributed by atoms with Crippen LogP contribution in [-0.4, -0.2) is 63.2 Å². The quantitative estimate of drug-likeness (QED) is 0.492. The van der Waals surface area contributed by atoms with E-state index in [1.807, 2.05) is 0 Å². The van der Waals surface area contributed by atoms with Crippen LogP contribution in [0, 0.1) is 0 Å². The van der Waals surface area contributed by atoms with Crippen LogP contribution in [0.3, 0.4) is 0 Å². The van der Waals surface area contributed by atoms with Crippen molar-refractivity contribution < 1.29 is 47.5 Å². The van der Waals surface area contributed by atoms with Crippen molar-refractivity contribution in [3.8, 4) is 0 Å². The molecule has 0 spiro atoms. The average Bonchev–Trinajstić information content (AvgIpc) is 2.56. The molecule has 0 aliphatic carbocycles. The molecule has 1 rings (SSSR count). The van der Waals surface area contributed by atoms with Crippen molar-refractivity contribution >= 4 is 18.5 Å². The van der Waals surface area contributed by atoms with Gasteiger partial charge in [-0.25, -0.2) is 14.4 Å². The zero-order chi connectivity index (χ0) is 18.7. The maximum Gasteiger partial charge on any atom is 0.508 e. The summed E-state index contributed by atoms with van der Waals surface area (Å²) in [7, 11) is 0. The second kappa shape index (κ2) is 11.0. The summed E-state index contributed by atoms with van der Waals surface area (Å²) in [6.07, 6.45) is -3.27. The first kappa shape index (κ1) is 20.4. The highest BCUT2D eigenvalue weighted by atomic mass is 16.8. The van der Waals surface area contributed by atoms with Gasteiger partial charge in [0.25, 0.3) is 0 Å². The Morgan fingerprint density at radius 1 is 0.840 bits per heavy atom. The molecule has 0 aromatic carbocycles. The smallest absolute Gasteiger partial charge is 0.491 e. The van der Waals surface area contributed by atoms with E-state index in [4.69, 9.17) is 28.4 Å². The predicted molar refractivity (Wildman–Crippen MR) is 80.8 cm³/mol. The van der Waals surface area contributed by atoms with Gasteiger partial charge in [-0.1, -0.05) is 0 Å². The molecule has 3 atom stereocenters. The Balaban J connectivity index is 2.78. The molecule has 0 N–H and O–H groups in total. The van der Waals surface area contributed by atoms with Gasteiger partial charge in [0.1, 0.15) is 6.61 Å². The average molecular weight is 362 g/mol. The summed E-state index contributed by atoms with van der Waals surface area (Å²) in [4.78, 5) is 34.5. The van der Waals surface area contributed by atoms with Gasteiger partial charge < -0.3 is 33.2 Å². The van der Waals surface area contributed by atoms with Gasteiger partial charge in [0.15, 0.2) is 18.3 Å². The van der Waals surface area contributed by atoms with Crippen molar-refractivity contribution in [1.29, 1.82) is 0 Å². The maximum absolute atomic E-state index is 11.6. The zero-order valence-electron chi connectivity index (χ0n) is 14.3. The fraction of sp³-hybridized carbons (Fsp3) is 0.667. The molecule has 0 saturated carbocycles. The molecule has 0 radical (unpaired) electrons. The highest BCUT2D eigenvalue weighted by Gasteiger charge is 2.39. The highest BCUT2D eigenvalue weighted by Crippen LogP contribution is 2.21. The van der Waals surface area contributed by atoms with Crippen molar-refractivity contribution in [2.45, 2.75) is 39.1 Å². The van der Waals surface area contributed by atoms with Gasteiger partial charge in [-0.05, 0) is 26.8 Å². The molecule has 0 fully saturated rings. The third kappa shape index (κ3) is 7.19. The van der Waals surface area contributed by atoms with Crippen LogP contribution in [0.1, 0.15) is 20.8 Å². The van der Waals surface area contributed by atoms with Gasteiger partial charge in [0.05, 0.1) is 26.1 Å². The molecule has 1 aliphatic heterocycles. The Labute approximate surface area is 144 Å². The first-order valence-electron chi connectivity index (χ1n) is 7.80. The lowest BCUT2D eigenvalue weighted by atomic mass is 10.1. The predicted octanol–water partition coefficient (Wildman–Crippen LogP) is 2.16. The van der Waals surface area contributed by atoms with E-state index in [9.17, 15) is 14.4 Å². The van der Waals surface area contributed by atoms with E-state index in [1.165, 1.54) is 12.3 Å². The SMILES string of the molecule is CCOC(=O)OC[C@H]1OC=C[C@@H](OC(=O)OCC)[C@H]1OC(=O)OCC. The summed E-state index contributed by atoms with van der Waals surface area (Å²) in [5, 5.41) is 0.